The zero-order chi connectivity index (χ0) is 19.2. The Morgan fingerprint density at radius 3 is 2.52 bits per heavy atom. The Morgan fingerprint density at radius 1 is 1.07 bits per heavy atom. The number of carbonyl (C=O) groups excluding carboxylic acids is 1. The smallest absolute Gasteiger partial charge is 0.247 e. The van der Waals surface area contributed by atoms with Gasteiger partial charge in [-0.05, 0) is 42.0 Å². The van der Waals surface area contributed by atoms with Gasteiger partial charge in [-0.25, -0.2) is 4.39 Å². The summed E-state index contributed by atoms with van der Waals surface area (Å²) in [6.45, 7) is 0.0975. The van der Waals surface area contributed by atoms with Crippen molar-refractivity contribution in [2.75, 3.05) is 14.2 Å². The van der Waals surface area contributed by atoms with E-state index in [1.54, 1.807) is 37.4 Å². The number of nitrogens with one attached hydrogen (secondary N) is 1. The average Bonchev–Trinajstić information content (AvgIpc) is 3.16. The van der Waals surface area contributed by atoms with Crippen LogP contribution in [0.15, 0.2) is 46.9 Å². The molecular weight excluding hydrogens is 353 g/mol. The second kappa shape index (κ2) is 8.31. The quantitative estimate of drug-likeness (QED) is 0.687. The molecule has 0 bridgehead atoms. The van der Waals surface area contributed by atoms with E-state index in [9.17, 15) is 9.18 Å². The Kier molecular flexibility index (Phi) is 5.65. The molecule has 0 aliphatic rings. The standard InChI is InChI=1S/C19H18FN3O4/c1-25-15-8-3-12(9-16(15)26-2)10-17(24)21-11-18-22-23-19(27-18)13-4-6-14(20)7-5-13/h3-9H,10-11H2,1-2H3,(H,21,24). The number of hydrogen-bond donors (Lipinski definition) is 1. The van der Waals surface area contributed by atoms with Crippen LogP contribution in [0.3, 0.4) is 0 Å². The van der Waals surface area contributed by atoms with Crippen molar-refractivity contribution in [3.63, 3.8) is 0 Å². The number of halogens is 1. The Balaban J connectivity index is 1.57. The summed E-state index contributed by atoms with van der Waals surface area (Å²) in [6.07, 6.45) is 0.166. The summed E-state index contributed by atoms with van der Waals surface area (Å²) in [7, 11) is 3.09. The number of carbonyl (C=O) groups is 1. The first-order chi connectivity index (χ1) is 13.1. The zero-order valence-corrected chi connectivity index (χ0v) is 14.9. The van der Waals surface area contributed by atoms with Crippen molar-refractivity contribution in [1.29, 1.82) is 0 Å². The molecule has 0 radical (unpaired) electrons. The number of ether oxygens (including phenoxy) is 2. The van der Waals surface area contributed by atoms with Gasteiger partial charge in [0.05, 0.1) is 27.2 Å². The normalized spacial score (nSPS) is 10.5. The molecule has 1 aromatic heterocycles. The molecule has 27 heavy (non-hydrogen) atoms. The molecule has 0 aliphatic heterocycles. The highest BCUT2D eigenvalue weighted by Gasteiger charge is 2.12. The van der Waals surface area contributed by atoms with Crippen LogP contribution in [0.1, 0.15) is 11.5 Å². The first-order valence-electron chi connectivity index (χ1n) is 8.15. The van der Waals surface area contributed by atoms with Crippen LogP contribution in [0, 0.1) is 5.82 Å². The van der Waals surface area contributed by atoms with Gasteiger partial charge in [0, 0.05) is 5.56 Å². The number of nitrogens with zero attached hydrogens (tertiary/aromatic N) is 2. The van der Waals surface area contributed by atoms with Crippen LogP contribution >= 0.6 is 0 Å². The third-order valence-corrected chi connectivity index (χ3v) is 3.81. The summed E-state index contributed by atoms with van der Waals surface area (Å²) in [5.74, 6) is 1.13. The second-order valence-corrected chi connectivity index (χ2v) is 5.65. The van der Waals surface area contributed by atoms with E-state index in [2.05, 4.69) is 15.5 Å². The van der Waals surface area contributed by atoms with Gasteiger partial charge in [0.2, 0.25) is 17.7 Å². The van der Waals surface area contributed by atoms with Crippen molar-refractivity contribution in [3.8, 4) is 23.0 Å². The van der Waals surface area contributed by atoms with Crippen molar-refractivity contribution in [2.45, 2.75) is 13.0 Å². The summed E-state index contributed by atoms with van der Waals surface area (Å²) < 4.78 is 28.8. The molecule has 7 nitrogen and oxygen atoms in total. The van der Waals surface area contributed by atoms with Gasteiger partial charge >= 0.3 is 0 Å². The summed E-state index contributed by atoms with van der Waals surface area (Å²) >= 11 is 0. The van der Waals surface area contributed by atoms with E-state index in [4.69, 9.17) is 13.9 Å². The van der Waals surface area contributed by atoms with E-state index >= 15 is 0 Å². The fourth-order valence-corrected chi connectivity index (χ4v) is 2.45. The summed E-state index contributed by atoms with van der Waals surface area (Å²) in [4.78, 5) is 12.1. The molecule has 140 valence electrons. The molecule has 3 aromatic rings. The molecule has 0 atom stereocenters. The van der Waals surface area contributed by atoms with E-state index < -0.39 is 0 Å². The molecule has 0 spiro atoms. The van der Waals surface area contributed by atoms with Crippen LogP contribution in [0.4, 0.5) is 4.39 Å². The van der Waals surface area contributed by atoms with E-state index in [-0.39, 0.29) is 36.5 Å². The topological polar surface area (TPSA) is 86.5 Å². The molecule has 0 fully saturated rings. The molecule has 8 heteroatoms. The number of amides is 1. The molecule has 1 N–H and O–H groups in total. The van der Waals surface area contributed by atoms with E-state index in [0.717, 1.165) is 5.56 Å². The number of methoxy groups -OCH3 is 2. The van der Waals surface area contributed by atoms with E-state index in [0.29, 0.717) is 17.1 Å². The molecule has 3 rings (SSSR count). The van der Waals surface area contributed by atoms with Gasteiger partial charge < -0.3 is 19.2 Å². The van der Waals surface area contributed by atoms with Gasteiger partial charge in [-0.2, -0.15) is 0 Å². The number of benzene rings is 2. The highest BCUT2D eigenvalue weighted by atomic mass is 19.1. The maximum absolute atomic E-state index is 13.0. The molecule has 0 unspecified atom stereocenters. The van der Waals surface area contributed by atoms with Gasteiger partial charge in [0.15, 0.2) is 11.5 Å². The predicted molar refractivity (Wildman–Crippen MR) is 94.8 cm³/mol. The molecule has 1 amide bonds. The van der Waals surface area contributed by atoms with E-state index in [1.807, 2.05) is 0 Å². The lowest BCUT2D eigenvalue weighted by Gasteiger charge is -2.09. The number of aromatic nitrogens is 2. The molecule has 0 saturated heterocycles. The van der Waals surface area contributed by atoms with Gasteiger partial charge in [0.25, 0.3) is 0 Å². The molecule has 0 aliphatic carbocycles. The van der Waals surface area contributed by atoms with Crippen LogP contribution in [-0.2, 0) is 17.8 Å². The highest BCUT2D eigenvalue weighted by Crippen LogP contribution is 2.27. The van der Waals surface area contributed by atoms with Crippen LogP contribution in [-0.4, -0.2) is 30.3 Å². The van der Waals surface area contributed by atoms with Crippen molar-refractivity contribution < 1.29 is 23.1 Å². The number of rotatable bonds is 7. The molecule has 1 heterocycles. The average molecular weight is 371 g/mol. The predicted octanol–water partition coefficient (Wildman–Crippen LogP) is 2.75. The van der Waals surface area contributed by atoms with Crippen molar-refractivity contribution in [2.24, 2.45) is 0 Å². The summed E-state index contributed by atoms with van der Waals surface area (Å²) in [6, 6.07) is 11.0. The van der Waals surface area contributed by atoms with Crippen molar-refractivity contribution >= 4 is 5.91 Å². The first-order valence-corrected chi connectivity index (χ1v) is 8.15. The van der Waals surface area contributed by atoms with Gasteiger partial charge in [-0.1, -0.05) is 6.07 Å². The van der Waals surface area contributed by atoms with Gasteiger partial charge in [0.1, 0.15) is 5.82 Å². The van der Waals surface area contributed by atoms with Crippen molar-refractivity contribution in [1.82, 2.24) is 15.5 Å². The maximum Gasteiger partial charge on any atom is 0.247 e. The summed E-state index contributed by atoms with van der Waals surface area (Å²) in [5, 5.41) is 10.5. The molecular formula is C19H18FN3O4. The van der Waals surface area contributed by atoms with Crippen LogP contribution in [0.5, 0.6) is 11.5 Å². The third-order valence-electron chi connectivity index (χ3n) is 3.81. The summed E-state index contributed by atoms with van der Waals surface area (Å²) in [5.41, 5.74) is 1.38. The van der Waals surface area contributed by atoms with Crippen LogP contribution in [0.2, 0.25) is 0 Å². The fraction of sp³-hybridized carbons (Fsp3) is 0.211. The van der Waals surface area contributed by atoms with Crippen LogP contribution < -0.4 is 14.8 Å². The lowest BCUT2D eigenvalue weighted by atomic mass is 10.1. The van der Waals surface area contributed by atoms with Gasteiger partial charge in [-0.15, -0.1) is 10.2 Å². The minimum absolute atomic E-state index is 0.0975. The van der Waals surface area contributed by atoms with Crippen LogP contribution in [0.25, 0.3) is 11.5 Å². The Labute approximate surface area is 155 Å². The van der Waals surface area contributed by atoms with Gasteiger partial charge in [-0.3, -0.25) is 4.79 Å². The molecule has 0 saturated carbocycles. The van der Waals surface area contributed by atoms with E-state index in [1.165, 1.54) is 19.2 Å². The lowest BCUT2D eigenvalue weighted by molar-refractivity contribution is -0.120. The SMILES string of the molecule is COc1ccc(CC(=O)NCc2nnc(-c3ccc(F)cc3)o2)cc1OC. The maximum atomic E-state index is 13.0. The minimum Gasteiger partial charge on any atom is -0.493 e. The fourth-order valence-electron chi connectivity index (χ4n) is 2.45. The second-order valence-electron chi connectivity index (χ2n) is 5.65. The monoisotopic (exact) mass is 371 g/mol. The minimum atomic E-state index is -0.346. The molecule has 2 aromatic carbocycles. The Morgan fingerprint density at radius 2 is 1.81 bits per heavy atom. The Bertz CT molecular complexity index is 925. The number of hydrogen-bond acceptors (Lipinski definition) is 6. The Hall–Kier alpha value is -3.42. The first kappa shape index (κ1) is 18.4. The van der Waals surface area contributed by atoms with Crippen molar-refractivity contribution in [3.05, 3.63) is 59.7 Å². The highest BCUT2D eigenvalue weighted by molar-refractivity contribution is 5.78. The zero-order valence-electron chi connectivity index (χ0n) is 14.9. The third kappa shape index (κ3) is 4.60. The largest absolute Gasteiger partial charge is 0.493 e. The lowest BCUT2D eigenvalue weighted by Crippen LogP contribution is -2.24.